The molecule has 0 unspecified atom stereocenters. The van der Waals surface area contributed by atoms with E-state index < -0.39 is 0 Å². The maximum atomic E-state index is 12.2. The highest BCUT2D eigenvalue weighted by Gasteiger charge is 2.23. The molecule has 1 fully saturated rings. The van der Waals surface area contributed by atoms with Crippen LogP contribution in [0.3, 0.4) is 0 Å². The van der Waals surface area contributed by atoms with E-state index in [0.29, 0.717) is 5.78 Å². The smallest absolute Gasteiger partial charge is 0.176 e. The van der Waals surface area contributed by atoms with Crippen molar-refractivity contribution in [3.63, 3.8) is 0 Å². The molecule has 1 saturated carbocycles. The van der Waals surface area contributed by atoms with Crippen LogP contribution in [-0.4, -0.2) is 5.78 Å². The molecule has 1 heterocycles. The Kier molecular flexibility index (Phi) is 3.98. The lowest BCUT2D eigenvalue weighted by Crippen LogP contribution is -2.13. The molecule has 0 aliphatic heterocycles. The van der Waals surface area contributed by atoms with E-state index in [1.807, 2.05) is 11.4 Å². The molecule has 1 aliphatic carbocycles. The predicted molar refractivity (Wildman–Crippen MR) is 67.5 cm³/mol. The Morgan fingerprint density at radius 1 is 1.27 bits per heavy atom. The second-order valence-electron chi connectivity index (χ2n) is 4.15. The Hall–Kier alpha value is -0.150. The molecular formula is C12H15BrOS. The molecule has 1 aliphatic rings. The van der Waals surface area contributed by atoms with Crippen LogP contribution in [0.5, 0.6) is 0 Å². The molecule has 0 saturated heterocycles. The van der Waals surface area contributed by atoms with Crippen LogP contribution < -0.4 is 0 Å². The van der Waals surface area contributed by atoms with Gasteiger partial charge in [0, 0.05) is 10.4 Å². The van der Waals surface area contributed by atoms with Crippen molar-refractivity contribution in [1.82, 2.24) is 0 Å². The molecule has 1 aromatic rings. The van der Waals surface area contributed by atoms with Crippen molar-refractivity contribution >= 4 is 33.0 Å². The molecule has 0 amide bonds. The van der Waals surface area contributed by atoms with Crippen LogP contribution >= 0.6 is 27.3 Å². The van der Waals surface area contributed by atoms with E-state index in [2.05, 4.69) is 15.9 Å². The SMILES string of the molecule is O=C(c1sccc1Br)C1CCCCCC1. The Bertz CT molecular complexity index is 337. The van der Waals surface area contributed by atoms with Gasteiger partial charge in [-0.1, -0.05) is 25.7 Å². The van der Waals surface area contributed by atoms with Gasteiger partial charge in [0.05, 0.1) is 4.88 Å². The van der Waals surface area contributed by atoms with Crippen molar-refractivity contribution in [3.8, 4) is 0 Å². The number of hydrogen-bond acceptors (Lipinski definition) is 2. The van der Waals surface area contributed by atoms with Gasteiger partial charge in [0.1, 0.15) is 0 Å². The van der Waals surface area contributed by atoms with E-state index in [4.69, 9.17) is 0 Å². The molecular weight excluding hydrogens is 272 g/mol. The second kappa shape index (κ2) is 5.26. The summed E-state index contributed by atoms with van der Waals surface area (Å²) >= 11 is 5.00. The van der Waals surface area contributed by atoms with Crippen LogP contribution in [0.4, 0.5) is 0 Å². The van der Waals surface area contributed by atoms with Crippen molar-refractivity contribution in [2.24, 2.45) is 5.92 Å². The topological polar surface area (TPSA) is 17.1 Å². The zero-order valence-corrected chi connectivity index (χ0v) is 11.1. The zero-order valence-electron chi connectivity index (χ0n) is 8.67. The summed E-state index contributed by atoms with van der Waals surface area (Å²) in [5, 5.41) is 1.98. The van der Waals surface area contributed by atoms with Crippen LogP contribution in [0.15, 0.2) is 15.9 Å². The second-order valence-corrected chi connectivity index (χ2v) is 5.92. The fourth-order valence-electron chi connectivity index (χ4n) is 2.20. The Labute approximate surface area is 103 Å². The molecule has 0 aromatic carbocycles. The highest BCUT2D eigenvalue weighted by atomic mass is 79.9. The highest BCUT2D eigenvalue weighted by molar-refractivity contribution is 9.10. The minimum absolute atomic E-state index is 0.280. The molecule has 82 valence electrons. The molecule has 1 nitrogen and oxygen atoms in total. The van der Waals surface area contributed by atoms with Gasteiger partial charge in [-0.15, -0.1) is 11.3 Å². The first-order valence-electron chi connectivity index (χ1n) is 5.56. The van der Waals surface area contributed by atoms with Crippen LogP contribution in [0, 0.1) is 5.92 Å². The zero-order chi connectivity index (χ0) is 10.7. The minimum atomic E-state index is 0.280. The Morgan fingerprint density at radius 3 is 2.47 bits per heavy atom. The minimum Gasteiger partial charge on any atom is -0.293 e. The molecule has 2 rings (SSSR count). The van der Waals surface area contributed by atoms with Gasteiger partial charge in [-0.2, -0.15) is 0 Å². The Morgan fingerprint density at radius 2 is 1.93 bits per heavy atom. The summed E-state index contributed by atoms with van der Waals surface area (Å²) in [4.78, 5) is 13.1. The normalized spacial score (nSPS) is 18.7. The third-order valence-corrected chi connectivity index (χ3v) is 4.92. The summed E-state index contributed by atoms with van der Waals surface area (Å²) < 4.78 is 0.974. The van der Waals surface area contributed by atoms with Crippen LogP contribution in [0.2, 0.25) is 0 Å². The molecule has 1 aromatic heterocycles. The quantitative estimate of drug-likeness (QED) is 0.571. The van der Waals surface area contributed by atoms with Gasteiger partial charge >= 0.3 is 0 Å². The fourth-order valence-corrected chi connectivity index (χ4v) is 3.78. The summed E-state index contributed by atoms with van der Waals surface area (Å²) in [5.74, 6) is 0.640. The van der Waals surface area contributed by atoms with Crippen LogP contribution in [-0.2, 0) is 0 Å². The molecule has 3 heteroatoms. The average molecular weight is 287 g/mol. The number of halogens is 1. The first kappa shape index (κ1) is 11.3. The van der Waals surface area contributed by atoms with Crippen molar-refractivity contribution in [1.29, 1.82) is 0 Å². The van der Waals surface area contributed by atoms with Crippen LogP contribution in [0.25, 0.3) is 0 Å². The monoisotopic (exact) mass is 286 g/mol. The first-order valence-corrected chi connectivity index (χ1v) is 7.23. The summed E-state index contributed by atoms with van der Waals surface area (Å²) in [7, 11) is 0. The van der Waals surface area contributed by atoms with Gasteiger partial charge in [-0.25, -0.2) is 0 Å². The standard InChI is InChI=1S/C12H15BrOS/c13-10-7-8-15-12(10)11(14)9-5-3-1-2-4-6-9/h7-9H,1-6H2. The van der Waals surface area contributed by atoms with E-state index in [9.17, 15) is 4.79 Å². The molecule has 15 heavy (non-hydrogen) atoms. The molecule has 0 atom stereocenters. The van der Waals surface area contributed by atoms with E-state index >= 15 is 0 Å². The third kappa shape index (κ3) is 2.70. The molecule has 0 radical (unpaired) electrons. The van der Waals surface area contributed by atoms with Crippen molar-refractivity contribution in [3.05, 3.63) is 20.8 Å². The number of carbonyl (C=O) groups excluding carboxylic acids is 1. The van der Waals surface area contributed by atoms with Gasteiger partial charge in [0.2, 0.25) is 0 Å². The number of rotatable bonds is 2. The van der Waals surface area contributed by atoms with E-state index in [0.717, 1.165) is 22.2 Å². The van der Waals surface area contributed by atoms with E-state index in [-0.39, 0.29) is 5.92 Å². The third-order valence-electron chi connectivity index (χ3n) is 3.07. The van der Waals surface area contributed by atoms with Gasteiger partial charge in [0.25, 0.3) is 0 Å². The average Bonchev–Trinajstić information content (AvgIpc) is 2.53. The lowest BCUT2D eigenvalue weighted by Gasteiger charge is -2.11. The maximum absolute atomic E-state index is 12.2. The summed E-state index contributed by atoms with van der Waals surface area (Å²) in [6.07, 6.45) is 7.22. The first-order chi connectivity index (χ1) is 7.29. The van der Waals surface area contributed by atoms with Crippen LogP contribution in [0.1, 0.15) is 48.2 Å². The number of ketones is 1. The largest absolute Gasteiger partial charge is 0.293 e. The summed E-state index contributed by atoms with van der Waals surface area (Å²) in [6.45, 7) is 0. The van der Waals surface area contributed by atoms with Crippen molar-refractivity contribution in [2.45, 2.75) is 38.5 Å². The number of hydrogen-bond donors (Lipinski definition) is 0. The van der Waals surface area contributed by atoms with E-state index in [1.165, 1.54) is 25.7 Å². The van der Waals surface area contributed by atoms with Crippen molar-refractivity contribution < 1.29 is 4.79 Å². The maximum Gasteiger partial charge on any atom is 0.176 e. The van der Waals surface area contributed by atoms with Gasteiger partial charge in [-0.05, 0) is 40.2 Å². The van der Waals surface area contributed by atoms with Crippen molar-refractivity contribution in [2.75, 3.05) is 0 Å². The highest BCUT2D eigenvalue weighted by Crippen LogP contribution is 2.31. The molecule has 0 bridgehead atoms. The molecule has 0 spiro atoms. The lowest BCUT2D eigenvalue weighted by molar-refractivity contribution is 0.0911. The lowest BCUT2D eigenvalue weighted by atomic mass is 9.95. The fraction of sp³-hybridized carbons (Fsp3) is 0.583. The van der Waals surface area contributed by atoms with Gasteiger partial charge < -0.3 is 0 Å². The summed E-state index contributed by atoms with van der Waals surface area (Å²) in [6, 6.07) is 1.97. The predicted octanol–water partition coefficient (Wildman–Crippen LogP) is 4.66. The summed E-state index contributed by atoms with van der Waals surface area (Å²) in [5.41, 5.74) is 0. The number of thiophene rings is 1. The number of carbonyl (C=O) groups is 1. The molecule has 0 N–H and O–H groups in total. The van der Waals surface area contributed by atoms with E-state index in [1.54, 1.807) is 11.3 Å². The Balaban J connectivity index is 2.09. The van der Waals surface area contributed by atoms with Gasteiger partial charge in [-0.3, -0.25) is 4.79 Å². The van der Waals surface area contributed by atoms with Gasteiger partial charge in [0.15, 0.2) is 5.78 Å². The number of Topliss-reactive ketones (excluding diaryl/α,β-unsaturated/α-hetero) is 1.